The molecular weight excluding hydrogens is 390 g/mol. The molecular formula is C18H20BrNO3S. The Morgan fingerprint density at radius 1 is 1.21 bits per heavy atom. The second kappa shape index (κ2) is 9.59. The predicted octanol–water partition coefficient (Wildman–Crippen LogP) is 4.73. The lowest BCUT2D eigenvalue weighted by Crippen LogP contribution is -2.15. The molecule has 4 nitrogen and oxygen atoms in total. The van der Waals surface area contributed by atoms with E-state index < -0.39 is 0 Å². The molecule has 2 aromatic carbocycles. The first kappa shape index (κ1) is 18.7. The fourth-order valence-electron chi connectivity index (χ4n) is 2.10. The topological polar surface area (TPSA) is 47.6 Å². The van der Waals surface area contributed by atoms with E-state index in [9.17, 15) is 4.79 Å². The Labute approximate surface area is 155 Å². The van der Waals surface area contributed by atoms with Gasteiger partial charge in [-0.15, -0.1) is 11.8 Å². The van der Waals surface area contributed by atoms with Gasteiger partial charge in [-0.1, -0.05) is 18.2 Å². The summed E-state index contributed by atoms with van der Waals surface area (Å²) in [7, 11) is 1.64. The number of benzene rings is 2. The molecule has 128 valence electrons. The van der Waals surface area contributed by atoms with Gasteiger partial charge >= 0.3 is 0 Å². The first-order chi connectivity index (χ1) is 11.6. The summed E-state index contributed by atoms with van der Waals surface area (Å²) in [4.78, 5) is 12.1. The highest BCUT2D eigenvalue weighted by Crippen LogP contribution is 2.27. The van der Waals surface area contributed by atoms with E-state index in [-0.39, 0.29) is 5.91 Å². The third-order valence-corrected chi connectivity index (χ3v) is 4.80. The lowest BCUT2D eigenvalue weighted by atomic mass is 10.2. The summed E-state index contributed by atoms with van der Waals surface area (Å²) in [6.07, 6.45) is 0. The minimum Gasteiger partial charge on any atom is -0.496 e. The third kappa shape index (κ3) is 5.46. The molecule has 24 heavy (non-hydrogen) atoms. The minimum atomic E-state index is -0.0419. The van der Waals surface area contributed by atoms with Crippen LogP contribution in [0.4, 0.5) is 5.69 Å². The molecule has 2 rings (SSSR count). The van der Waals surface area contributed by atoms with Crippen molar-refractivity contribution in [3.63, 3.8) is 0 Å². The number of carbonyl (C=O) groups excluding carboxylic acids is 1. The molecule has 0 aliphatic carbocycles. The lowest BCUT2D eigenvalue weighted by Gasteiger charge is -2.11. The summed E-state index contributed by atoms with van der Waals surface area (Å²) >= 11 is 5.03. The molecule has 0 atom stereocenters. The Balaban J connectivity index is 1.84. The monoisotopic (exact) mass is 409 g/mol. The fraction of sp³-hybridized carbons (Fsp3) is 0.278. The summed E-state index contributed by atoms with van der Waals surface area (Å²) in [6.45, 7) is 2.48. The molecule has 2 aromatic rings. The summed E-state index contributed by atoms with van der Waals surface area (Å²) in [5.74, 6) is 2.58. The quantitative estimate of drug-likeness (QED) is 0.684. The van der Waals surface area contributed by atoms with Crippen molar-refractivity contribution < 1.29 is 14.3 Å². The third-order valence-electron chi connectivity index (χ3n) is 3.18. The largest absolute Gasteiger partial charge is 0.496 e. The van der Waals surface area contributed by atoms with Crippen LogP contribution in [0.3, 0.4) is 0 Å². The second-order valence-corrected chi connectivity index (χ2v) is 6.78. The average Bonchev–Trinajstić information content (AvgIpc) is 2.57. The van der Waals surface area contributed by atoms with Gasteiger partial charge in [0.05, 0.1) is 29.6 Å². The summed E-state index contributed by atoms with van der Waals surface area (Å²) in [5, 5.41) is 2.90. The van der Waals surface area contributed by atoms with E-state index in [4.69, 9.17) is 9.47 Å². The molecule has 0 heterocycles. The molecule has 0 saturated carbocycles. The normalized spacial score (nSPS) is 10.3. The van der Waals surface area contributed by atoms with E-state index in [0.717, 1.165) is 21.5 Å². The first-order valence-corrected chi connectivity index (χ1v) is 9.50. The molecule has 0 radical (unpaired) electrons. The minimum absolute atomic E-state index is 0.0419. The van der Waals surface area contributed by atoms with Crippen molar-refractivity contribution in [1.82, 2.24) is 0 Å². The maximum absolute atomic E-state index is 12.1. The van der Waals surface area contributed by atoms with Crippen molar-refractivity contribution in [2.75, 3.05) is 24.8 Å². The smallest absolute Gasteiger partial charge is 0.234 e. The number of amides is 1. The van der Waals surface area contributed by atoms with Gasteiger partial charge in [0.1, 0.15) is 11.5 Å². The molecule has 0 spiro atoms. The van der Waals surface area contributed by atoms with Gasteiger partial charge in [0, 0.05) is 5.75 Å². The zero-order valence-electron chi connectivity index (χ0n) is 13.7. The van der Waals surface area contributed by atoms with Crippen LogP contribution in [0, 0.1) is 0 Å². The van der Waals surface area contributed by atoms with E-state index in [1.54, 1.807) is 18.9 Å². The van der Waals surface area contributed by atoms with Gasteiger partial charge < -0.3 is 14.8 Å². The van der Waals surface area contributed by atoms with Gasteiger partial charge in [0.25, 0.3) is 0 Å². The Morgan fingerprint density at radius 3 is 2.71 bits per heavy atom. The van der Waals surface area contributed by atoms with Crippen LogP contribution >= 0.6 is 27.7 Å². The van der Waals surface area contributed by atoms with Crippen molar-refractivity contribution in [2.24, 2.45) is 0 Å². The average molecular weight is 410 g/mol. The number of thioether (sulfide) groups is 1. The molecule has 6 heteroatoms. The number of hydrogen-bond donors (Lipinski definition) is 1. The van der Waals surface area contributed by atoms with Crippen LogP contribution in [0.2, 0.25) is 0 Å². The molecule has 0 aliphatic heterocycles. The van der Waals surface area contributed by atoms with Gasteiger partial charge in [-0.2, -0.15) is 0 Å². The number of ether oxygens (including phenoxy) is 2. The fourth-order valence-corrected chi connectivity index (χ4v) is 3.46. The molecule has 0 aliphatic rings. The van der Waals surface area contributed by atoms with E-state index in [0.29, 0.717) is 23.8 Å². The van der Waals surface area contributed by atoms with Crippen molar-refractivity contribution in [2.45, 2.75) is 12.7 Å². The van der Waals surface area contributed by atoms with Crippen molar-refractivity contribution in [3.05, 3.63) is 52.5 Å². The highest BCUT2D eigenvalue weighted by molar-refractivity contribution is 9.10. The molecule has 0 bridgehead atoms. The Hall–Kier alpha value is -1.66. The maximum Gasteiger partial charge on any atom is 0.234 e. The van der Waals surface area contributed by atoms with E-state index in [1.807, 2.05) is 49.4 Å². The number of carbonyl (C=O) groups is 1. The highest BCUT2D eigenvalue weighted by Gasteiger charge is 2.08. The Bertz CT molecular complexity index is 694. The van der Waals surface area contributed by atoms with Crippen LogP contribution in [0.15, 0.2) is 46.9 Å². The first-order valence-electron chi connectivity index (χ1n) is 7.56. The van der Waals surface area contributed by atoms with Gasteiger partial charge in [0.15, 0.2) is 0 Å². The van der Waals surface area contributed by atoms with E-state index in [2.05, 4.69) is 21.2 Å². The number of rotatable bonds is 8. The van der Waals surface area contributed by atoms with Gasteiger partial charge in [0.2, 0.25) is 5.91 Å². The standard InChI is InChI=1S/C18H20BrNO3S/c1-3-23-17-7-5-4-6-15(17)20-18(21)12-24-11-13-8-9-16(22-2)14(19)10-13/h4-10H,3,11-12H2,1-2H3,(H,20,21). The van der Waals surface area contributed by atoms with Crippen LogP contribution in [-0.4, -0.2) is 25.4 Å². The van der Waals surface area contributed by atoms with Crippen LogP contribution in [0.1, 0.15) is 12.5 Å². The number of hydrogen-bond acceptors (Lipinski definition) is 4. The second-order valence-electron chi connectivity index (χ2n) is 4.94. The zero-order valence-corrected chi connectivity index (χ0v) is 16.1. The number of methoxy groups -OCH3 is 1. The molecule has 1 amide bonds. The molecule has 0 aromatic heterocycles. The van der Waals surface area contributed by atoms with Crippen LogP contribution < -0.4 is 14.8 Å². The van der Waals surface area contributed by atoms with Crippen molar-refractivity contribution in [3.8, 4) is 11.5 Å². The van der Waals surface area contributed by atoms with E-state index >= 15 is 0 Å². The molecule has 0 fully saturated rings. The van der Waals surface area contributed by atoms with Crippen molar-refractivity contribution >= 4 is 39.3 Å². The number of halogens is 1. The van der Waals surface area contributed by atoms with Crippen LogP contribution in [0.5, 0.6) is 11.5 Å². The van der Waals surface area contributed by atoms with Gasteiger partial charge in [-0.25, -0.2) is 0 Å². The summed E-state index contributed by atoms with van der Waals surface area (Å²) < 4.78 is 11.6. The Morgan fingerprint density at radius 2 is 2.00 bits per heavy atom. The lowest BCUT2D eigenvalue weighted by molar-refractivity contribution is -0.113. The SMILES string of the molecule is CCOc1ccccc1NC(=O)CSCc1ccc(OC)c(Br)c1. The van der Waals surface area contributed by atoms with Crippen LogP contribution in [-0.2, 0) is 10.5 Å². The molecule has 0 saturated heterocycles. The molecule has 1 N–H and O–H groups in total. The number of anilines is 1. The number of para-hydroxylation sites is 2. The Kier molecular flexibility index (Phi) is 7.46. The molecule has 0 unspecified atom stereocenters. The van der Waals surface area contributed by atoms with E-state index in [1.165, 1.54) is 0 Å². The maximum atomic E-state index is 12.1. The predicted molar refractivity (Wildman–Crippen MR) is 103 cm³/mol. The summed E-state index contributed by atoms with van der Waals surface area (Å²) in [5.41, 5.74) is 1.84. The van der Waals surface area contributed by atoms with Crippen molar-refractivity contribution in [1.29, 1.82) is 0 Å². The zero-order chi connectivity index (χ0) is 17.4. The van der Waals surface area contributed by atoms with Crippen LogP contribution in [0.25, 0.3) is 0 Å². The summed E-state index contributed by atoms with van der Waals surface area (Å²) in [6, 6.07) is 13.4. The van der Waals surface area contributed by atoms with Gasteiger partial charge in [-0.05, 0) is 52.7 Å². The van der Waals surface area contributed by atoms with Gasteiger partial charge in [-0.3, -0.25) is 4.79 Å². The number of nitrogens with one attached hydrogen (secondary N) is 1. The highest BCUT2D eigenvalue weighted by atomic mass is 79.9.